The van der Waals surface area contributed by atoms with Gasteiger partial charge in [-0.3, -0.25) is 9.13 Å². The highest BCUT2D eigenvalue weighted by atomic mass is 31.2. The highest BCUT2D eigenvalue weighted by molar-refractivity contribution is 7.52. The van der Waals surface area contributed by atoms with Gasteiger partial charge in [0.15, 0.2) is 0 Å². The van der Waals surface area contributed by atoms with Gasteiger partial charge in [0.05, 0.1) is 25.9 Å². The number of unbranched alkanes of at least 4 members (excludes halogenated alkanes) is 13. The van der Waals surface area contributed by atoms with E-state index >= 15 is 0 Å². The van der Waals surface area contributed by atoms with E-state index in [0.717, 1.165) is 6.42 Å². The third kappa shape index (κ3) is 25.0. The highest BCUT2D eigenvalue weighted by Crippen LogP contribution is 2.42. The van der Waals surface area contributed by atoms with Crippen LogP contribution >= 0.6 is 7.60 Å². The minimum absolute atomic E-state index is 0.0320. The zero-order valence-electron chi connectivity index (χ0n) is 26.1. The molecule has 1 heterocycles. The van der Waals surface area contributed by atoms with Crippen molar-refractivity contribution >= 4 is 13.4 Å². The lowest BCUT2D eigenvalue weighted by atomic mass is 10.0. The lowest BCUT2D eigenvalue weighted by Gasteiger charge is -2.19. The molecule has 242 valence electrons. The van der Waals surface area contributed by atoms with Gasteiger partial charge in [-0.05, 0) is 18.9 Å². The number of nitrogens with two attached hydrogens (primary N) is 1. The Morgan fingerprint density at radius 1 is 0.878 bits per heavy atom. The van der Waals surface area contributed by atoms with Gasteiger partial charge in [0.25, 0.3) is 0 Å². The standard InChI is InChI=1S/C27H52N3O7P.C3H8/c1-2-3-4-5-6-7-8-9-10-11-12-13-14-15-19-35-20-16-21-37-38(33,34)24-36-25(23-31)22-30-18-17-26(28)29-27(30)32;1-3-2/h17-18,25,31H,2-16,19-24H2,1H3,(H,33,34)(H2,28,29,32);3H2,1-2H3/t25-;/m0./s1. The molecule has 10 nitrogen and oxygen atoms in total. The number of rotatable bonds is 26. The molecule has 1 aromatic rings. The Labute approximate surface area is 248 Å². The van der Waals surface area contributed by atoms with Crippen LogP contribution in [-0.2, 0) is 25.1 Å². The first-order chi connectivity index (χ1) is 19.8. The number of anilines is 1. The largest absolute Gasteiger partial charge is 0.394 e. The molecule has 41 heavy (non-hydrogen) atoms. The summed E-state index contributed by atoms with van der Waals surface area (Å²) in [4.78, 5) is 25.3. The monoisotopic (exact) mass is 605 g/mol. The smallest absolute Gasteiger partial charge is 0.353 e. The van der Waals surface area contributed by atoms with Crippen LogP contribution in [0.2, 0.25) is 0 Å². The van der Waals surface area contributed by atoms with Gasteiger partial charge in [0, 0.05) is 19.4 Å². The van der Waals surface area contributed by atoms with Crippen molar-refractivity contribution in [2.24, 2.45) is 0 Å². The third-order valence-electron chi connectivity index (χ3n) is 6.34. The van der Waals surface area contributed by atoms with Crippen molar-refractivity contribution in [3.8, 4) is 0 Å². The van der Waals surface area contributed by atoms with E-state index in [0.29, 0.717) is 19.6 Å². The van der Waals surface area contributed by atoms with Crippen LogP contribution in [0.25, 0.3) is 0 Å². The summed E-state index contributed by atoms with van der Waals surface area (Å²) < 4.78 is 29.3. The summed E-state index contributed by atoms with van der Waals surface area (Å²) in [6.45, 7) is 7.26. The second-order valence-electron chi connectivity index (χ2n) is 10.6. The molecule has 1 unspecified atom stereocenters. The van der Waals surface area contributed by atoms with Crippen molar-refractivity contribution in [2.45, 2.75) is 136 Å². The normalized spacial score (nSPS) is 13.4. The molecule has 0 saturated carbocycles. The van der Waals surface area contributed by atoms with Crippen molar-refractivity contribution < 1.29 is 28.6 Å². The number of aliphatic hydroxyl groups is 1. The fourth-order valence-electron chi connectivity index (χ4n) is 4.07. The van der Waals surface area contributed by atoms with Crippen molar-refractivity contribution in [1.82, 2.24) is 9.55 Å². The SMILES string of the molecule is CCC.CCCCCCCCCCCCCCCCOCCCOP(=O)(O)CO[C@H](CO)Cn1ccc(N)nc1=O. The van der Waals surface area contributed by atoms with Crippen molar-refractivity contribution in [3.05, 3.63) is 22.7 Å². The van der Waals surface area contributed by atoms with Gasteiger partial charge in [-0.2, -0.15) is 4.98 Å². The van der Waals surface area contributed by atoms with E-state index in [1.54, 1.807) is 0 Å². The summed E-state index contributed by atoms with van der Waals surface area (Å²) >= 11 is 0. The predicted molar refractivity (Wildman–Crippen MR) is 167 cm³/mol. The van der Waals surface area contributed by atoms with Crippen molar-refractivity contribution in [1.29, 1.82) is 0 Å². The minimum atomic E-state index is -3.99. The van der Waals surface area contributed by atoms with E-state index < -0.39 is 32.3 Å². The molecule has 2 atom stereocenters. The van der Waals surface area contributed by atoms with Crippen LogP contribution in [-0.4, -0.2) is 58.4 Å². The first-order valence-corrected chi connectivity index (χ1v) is 17.6. The van der Waals surface area contributed by atoms with Crippen molar-refractivity contribution in [3.63, 3.8) is 0 Å². The van der Waals surface area contributed by atoms with Crippen LogP contribution in [0.5, 0.6) is 0 Å². The average Bonchev–Trinajstić information content (AvgIpc) is 2.94. The maximum absolute atomic E-state index is 12.2. The molecule has 4 N–H and O–H groups in total. The van der Waals surface area contributed by atoms with E-state index in [2.05, 4.69) is 25.8 Å². The lowest BCUT2D eigenvalue weighted by molar-refractivity contribution is 0.0162. The number of hydrogen-bond acceptors (Lipinski definition) is 8. The molecule has 0 aliphatic rings. The Morgan fingerprint density at radius 3 is 1.90 bits per heavy atom. The Hall–Kier alpha value is -1.29. The third-order valence-corrected chi connectivity index (χ3v) is 7.40. The second kappa shape index (κ2) is 27.5. The second-order valence-corrected chi connectivity index (χ2v) is 12.4. The molecule has 0 radical (unpaired) electrons. The van der Waals surface area contributed by atoms with Crippen LogP contribution in [0, 0.1) is 0 Å². The maximum atomic E-state index is 12.2. The van der Waals surface area contributed by atoms with Crippen LogP contribution in [0.3, 0.4) is 0 Å². The Balaban J connectivity index is 0.00000509. The molecule has 0 spiro atoms. The molecule has 0 aromatic carbocycles. The summed E-state index contributed by atoms with van der Waals surface area (Å²) in [5.41, 5.74) is 4.85. The molecule has 0 aliphatic carbocycles. The fraction of sp³-hybridized carbons (Fsp3) is 0.867. The maximum Gasteiger partial charge on any atom is 0.353 e. The van der Waals surface area contributed by atoms with Crippen LogP contribution in [0.15, 0.2) is 17.1 Å². The van der Waals surface area contributed by atoms with Gasteiger partial charge in [0.1, 0.15) is 12.2 Å². The molecule has 0 amide bonds. The number of nitrogen functional groups attached to an aromatic ring is 1. The quantitative estimate of drug-likeness (QED) is 0.0778. The first-order valence-electron chi connectivity index (χ1n) is 15.9. The average molecular weight is 606 g/mol. The summed E-state index contributed by atoms with van der Waals surface area (Å²) in [6, 6.07) is 1.44. The molecular formula is C30H60N3O7P. The fourth-order valence-corrected chi connectivity index (χ4v) is 4.96. The van der Waals surface area contributed by atoms with Crippen LogP contribution in [0.1, 0.15) is 124 Å². The number of ether oxygens (including phenoxy) is 2. The van der Waals surface area contributed by atoms with E-state index in [4.69, 9.17) is 19.7 Å². The predicted octanol–water partition coefficient (Wildman–Crippen LogP) is 6.67. The number of aliphatic hydroxyl groups excluding tert-OH is 1. The molecule has 0 aliphatic heterocycles. The molecule has 0 bridgehead atoms. The van der Waals surface area contributed by atoms with E-state index in [9.17, 15) is 19.4 Å². The Kier molecular flexibility index (Phi) is 26.7. The topological polar surface area (TPSA) is 146 Å². The summed E-state index contributed by atoms with van der Waals surface area (Å²) in [7, 11) is -3.99. The molecule has 0 fully saturated rings. The number of nitrogens with zero attached hydrogens (tertiary/aromatic N) is 2. The lowest BCUT2D eigenvalue weighted by Crippen LogP contribution is -2.32. The van der Waals surface area contributed by atoms with E-state index in [1.807, 2.05) is 0 Å². The Bertz CT molecular complexity index is 826. The van der Waals surface area contributed by atoms with Crippen molar-refractivity contribution in [2.75, 3.05) is 38.5 Å². The highest BCUT2D eigenvalue weighted by Gasteiger charge is 2.22. The molecule has 1 aromatic heterocycles. The molecule has 11 heteroatoms. The van der Waals surface area contributed by atoms with Gasteiger partial charge in [-0.1, -0.05) is 111 Å². The van der Waals surface area contributed by atoms with Gasteiger partial charge in [0.2, 0.25) is 0 Å². The number of hydrogen-bond donors (Lipinski definition) is 3. The summed E-state index contributed by atoms with van der Waals surface area (Å²) in [5.74, 6) is 0.0875. The number of aromatic nitrogens is 2. The van der Waals surface area contributed by atoms with Gasteiger partial charge in [-0.15, -0.1) is 0 Å². The summed E-state index contributed by atoms with van der Waals surface area (Å²) in [6.07, 6.45) is 20.2. The van der Waals surface area contributed by atoms with Gasteiger partial charge in [-0.25, -0.2) is 4.79 Å². The van der Waals surface area contributed by atoms with Gasteiger partial charge >= 0.3 is 13.3 Å². The first kappa shape index (κ1) is 39.7. The molecule has 0 saturated heterocycles. The van der Waals surface area contributed by atoms with Crippen LogP contribution < -0.4 is 11.4 Å². The van der Waals surface area contributed by atoms with E-state index in [1.165, 1.54) is 107 Å². The Morgan fingerprint density at radius 2 is 1.39 bits per heavy atom. The van der Waals surface area contributed by atoms with Gasteiger partial charge < -0.3 is 29.7 Å². The molecule has 1 rings (SSSR count). The zero-order valence-corrected chi connectivity index (χ0v) is 27.0. The van der Waals surface area contributed by atoms with Crippen LogP contribution in [0.4, 0.5) is 5.82 Å². The molecular weight excluding hydrogens is 545 g/mol. The zero-order chi connectivity index (χ0) is 30.6. The van der Waals surface area contributed by atoms with E-state index in [-0.39, 0.29) is 19.0 Å². The minimum Gasteiger partial charge on any atom is -0.394 e. The summed E-state index contributed by atoms with van der Waals surface area (Å²) in [5, 5.41) is 9.46.